The van der Waals surface area contributed by atoms with Crippen molar-refractivity contribution in [2.75, 3.05) is 26.2 Å². The topological polar surface area (TPSA) is 52.6 Å². The Morgan fingerprint density at radius 2 is 2.10 bits per heavy atom. The van der Waals surface area contributed by atoms with Gasteiger partial charge in [0, 0.05) is 19.2 Å². The van der Waals surface area contributed by atoms with E-state index in [2.05, 4.69) is 22.3 Å². The molecule has 4 nitrogen and oxygen atoms in total. The minimum absolute atomic E-state index is 0.0933. The fraction of sp³-hybridized carbons (Fsp3) is 0.588. The zero-order valence-corrected chi connectivity index (χ0v) is 12.6. The van der Waals surface area contributed by atoms with Gasteiger partial charge < -0.3 is 10.4 Å². The van der Waals surface area contributed by atoms with Crippen LogP contribution in [0.2, 0.25) is 0 Å². The normalized spacial score (nSPS) is 19.4. The Bertz CT molecular complexity index is 420. The summed E-state index contributed by atoms with van der Waals surface area (Å²) in [5.74, 6) is 0.0933. The third-order valence-electron chi connectivity index (χ3n) is 4.14. The molecule has 0 saturated carbocycles. The highest BCUT2D eigenvalue weighted by Gasteiger charge is 2.23. The summed E-state index contributed by atoms with van der Waals surface area (Å²) in [6.07, 6.45) is 5.10. The van der Waals surface area contributed by atoms with Crippen LogP contribution in [0.4, 0.5) is 0 Å². The van der Waals surface area contributed by atoms with Gasteiger partial charge in [-0.3, -0.25) is 9.69 Å². The van der Waals surface area contributed by atoms with Crippen LogP contribution in [0.3, 0.4) is 0 Å². The lowest BCUT2D eigenvalue weighted by Crippen LogP contribution is -2.46. The van der Waals surface area contributed by atoms with E-state index < -0.39 is 0 Å². The van der Waals surface area contributed by atoms with Crippen LogP contribution < -0.4 is 5.32 Å². The molecule has 1 atom stereocenters. The van der Waals surface area contributed by atoms with Crippen LogP contribution in [0.5, 0.6) is 0 Å². The summed E-state index contributed by atoms with van der Waals surface area (Å²) in [7, 11) is 0. The predicted octanol–water partition coefficient (Wildman–Crippen LogP) is 1.58. The van der Waals surface area contributed by atoms with Gasteiger partial charge >= 0.3 is 0 Å². The van der Waals surface area contributed by atoms with E-state index in [0.29, 0.717) is 19.1 Å². The van der Waals surface area contributed by atoms with Gasteiger partial charge in [-0.15, -0.1) is 0 Å². The van der Waals surface area contributed by atoms with Crippen LogP contribution in [0, 0.1) is 0 Å². The molecule has 1 aromatic rings. The molecule has 1 unspecified atom stereocenters. The van der Waals surface area contributed by atoms with E-state index in [9.17, 15) is 4.79 Å². The van der Waals surface area contributed by atoms with Crippen molar-refractivity contribution in [2.24, 2.45) is 0 Å². The Morgan fingerprint density at radius 3 is 2.86 bits per heavy atom. The van der Waals surface area contributed by atoms with Crippen molar-refractivity contribution in [3.8, 4) is 0 Å². The minimum Gasteiger partial charge on any atom is -0.396 e. The van der Waals surface area contributed by atoms with Gasteiger partial charge in [-0.25, -0.2) is 0 Å². The number of rotatable bonds is 7. The summed E-state index contributed by atoms with van der Waals surface area (Å²) >= 11 is 0. The summed E-state index contributed by atoms with van der Waals surface area (Å²) in [6, 6.07) is 10.6. The van der Waals surface area contributed by atoms with Gasteiger partial charge in [0.2, 0.25) is 5.91 Å². The van der Waals surface area contributed by atoms with Crippen molar-refractivity contribution in [1.29, 1.82) is 0 Å². The van der Waals surface area contributed by atoms with Crippen LogP contribution in [0.25, 0.3) is 0 Å². The van der Waals surface area contributed by atoms with Crippen molar-refractivity contribution in [3.05, 3.63) is 35.9 Å². The third kappa shape index (κ3) is 5.48. The number of nitrogens with zero attached hydrogens (tertiary/aromatic N) is 1. The first kappa shape index (κ1) is 16.0. The number of nitrogens with one attached hydrogen (secondary N) is 1. The van der Waals surface area contributed by atoms with Crippen LogP contribution in [-0.2, 0) is 11.2 Å². The Kier molecular flexibility index (Phi) is 6.70. The van der Waals surface area contributed by atoms with Gasteiger partial charge in [0.05, 0.1) is 6.54 Å². The van der Waals surface area contributed by atoms with E-state index in [1.165, 1.54) is 12.0 Å². The summed E-state index contributed by atoms with van der Waals surface area (Å²) in [5.41, 5.74) is 1.24. The molecule has 1 aromatic carbocycles. The second kappa shape index (κ2) is 8.80. The molecule has 0 aliphatic carbocycles. The van der Waals surface area contributed by atoms with E-state index in [-0.39, 0.29) is 12.5 Å². The maximum atomic E-state index is 12.0. The largest absolute Gasteiger partial charge is 0.396 e. The fourth-order valence-corrected chi connectivity index (χ4v) is 2.98. The first-order valence-corrected chi connectivity index (χ1v) is 7.95. The second-order valence-corrected chi connectivity index (χ2v) is 5.72. The third-order valence-corrected chi connectivity index (χ3v) is 4.14. The number of hydrogen-bond donors (Lipinski definition) is 2. The van der Waals surface area contributed by atoms with Crippen LogP contribution in [0.1, 0.15) is 31.2 Å². The highest BCUT2D eigenvalue weighted by Crippen LogP contribution is 2.18. The van der Waals surface area contributed by atoms with Crippen molar-refractivity contribution in [1.82, 2.24) is 10.2 Å². The highest BCUT2D eigenvalue weighted by atomic mass is 16.3. The number of hydrogen-bond acceptors (Lipinski definition) is 3. The Hall–Kier alpha value is -1.39. The van der Waals surface area contributed by atoms with Gasteiger partial charge in [-0.1, -0.05) is 36.8 Å². The molecule has 1 fully saturated rings. The summed E-state index contributed by atoms with van der Waals surface area (Å²) in [5, 5.41) is 12.1. The monoisotopic (exact) mass is 290 g/mol. The molecule has 0 aromatic heterocycles. The molecule has 1 heterocycles. The van der Waals surface area contributed by atoms with Crippen molar-refractivity contribution < 1.29 is 9.90 Å². The van der Waals surface area contributed by atoms with E-state index in [1.54, 1.807) is 0 Å². The van der Waals surface area contributed by atoms with Crippen molar-refractivity contribution >= 4 is 5.91 Å². The molecule has 0 bridgehead atoms. The maximum absolute atomic E-state index is 12.0. The number of carbonyl (C=O) groups is 1. The smallest absolute Gasteiger partial charge is 0.234 e. The van der Waals surface area contributed by atoms with Gasteiger partial charge in [0.1, 0.15) is 0 Å². The fourth-order valence-electron chi connectivity index (χ4n) is 2.98. The standard InChI is InChI=1S/C17H26N2O2/c20-13-10-16-8-4-5-12-19(16)14-17(21)18-11-9-15-6-2-1-3-7-15/h1-3,6-7,16,20H,4-5,8-14H2,(H,18,21). The molecule has 116 valence electrons. The Labute approximate surface area is 127 Å². The van der Waals surface area contributed by atoms with Gasteiger partial charge in [0.15, 0.2) is 0 Å². The molecule has 0 spiro atoms. The second-order valence-electron chi connectivity index (χ2n) is 5.72. The lowest BCUT2D eigenvalue weighted by molar-refractivity contribution is -0.123. The van der Waals surface area contributed by atoms with Crippen LogP contribution >= 0.6 is 0 Å². The minimum atomic E-state index is 0.0933. The first-order valence-electron chi connectivity index (χ1n) is 7.95. The molecule has 21 heavy (non-hydrogen) atoms. The molecule has 0 radical (unpaired) electrons. The molecule has 1 aliphatic heterocycles. The molecular formula is C17H26N2O2. The van der Waals surface area contributed by atoms with Gasteiger partial charge in [0.25, 0.3) is 0 Å². The number of amides is 1. The number of aliphatic hydroxyl groups excluding tert-OH is 1. The van der Waals surface area contributed by atoms with Crippen LogP contribution in [-0.4, -0.2) is 48.2 Å². The predicted molar refractivity (Wildman–Crippen MR) is 84.1 cm³/mol. The molecule has 1 aliphatic rings. The molecule has 4 heteroatoms. The van der Waals surface area contributed by atoms with E-state index >= 15 is 0 Å². The lowest BCUT2D eigenvalue weighted by Gasteiger charge is -2.34. The maximum Gasteiger partial charge on any atom is 0.234 e. The number of benzene rings is 1. The number of carbonyl (C=O) groups excluding carboxylic acids is 1. The molecule has 2 N–H and O–H groups in total. The average molecular weight is 290 g/mol. The average Bonchev–Trinajstić information content (AvgIpc) is 2.50. The van der Waals surface area contributed by atoms with Gasteiger partial charge in [-0.05, 0) is 37.8 Å². The highest BCUT2D eigenvalue weighted by molar-refractivity contribution is 5.78. The SMILES string of the molecule is O=C(CN1CCCCC1CCO)NCCc1ccccc1. The molecule has 2 rings (SSSR count). The quantitative estimate of drug-likeness (QED) is 0.802. The van der Waals surface area contributed by atoms with E-state index in [0.717, 1.165) is 32.2 Å². The molecule has 1 saturated heterocycles. The zero-order chi connectivity index (χ0) is 14.9. The summed E-state index contributed by atoms with van der Waals surface area (Å²) in [6.45, 7) is 2.31. The Balaban J connectivity index is 1.70. The summed E-state index contributed by atoms with van der Waals surface area (Å²) < 4.78 is 0. The van der Waals surface area contributed by atoms with Crippen molar-refractivity contribution in [3.63, 3.8) is 0 Å². The van der Waals surface area contributed by atoms with Crippen molar-refractivity contribution in [2.45, 2.75) is 38.1 Å². The number of piperidine rings is 1. The Morgan fingerprint density at radius 1 is 1.29 bits per heavy atom. The van der Waals surface area contributed by atoms with Crippen LogP contribution in [0.15, 0.2) is 30.3 Å². The number of aliphatic hydroxyl groups is 1. The van der Waals surface area contributed by atoms with E-state index in [4.69, 9.17) is 5.11 Å². The summed E-state index contributed by atoms with van der Waals surface area (Å²) in [4.78, 5) is 14.3. The zero-order valence-electron chi connectivity index (χ0n) is 12.6. The van der Waals surface area contributed by atoms with E-state index in [1.807, 2.05) is 18.2 Å². The van der Waals surface area contributed by atoms with Gasteiger partial charge in [-0.2, -0.15) is 0 Å². The number of likely N-dealkylation sites (tertiary alicyclic amines) is 1. The molecule has 1 amide bonds. The molecular weight excluding hydrogens is 264 g/mol. The first-order chi connectivity index (χ1) is 10.3. The lowest BCUT2D eigenvalue weighted by atomic mass is 10.00.